The molecule has 7 rings (SSSR count). The molecule has 0 aromatic heterocycles. The Labute approximate surface area is 195 Å². The average Bonchev–Trinajstić information content (AvgIpc) is 2.88. The zero-order chi connectivity index (χ0) is 23.0. The van der Waals surface area contributed by atoms with Gasteiger partial charge >= 0.3 is 0 Å². The third-order valence-corrected chi connectivity index (χ3v) is 7.23. The molecule has 160 valence electrons. The third kappa shape index (κ3) is 2.41. The Morgan fingerprint density at radius 3 is 1.59 bits per heavy atom. The van der Waals surface area contributed by atoms with Crippen molar-refractivity contribution >= 4 is 70.3 Å². The molecule has 34 heavy (non-hydrogen) atoms. The van der Waals surface area contributed by atoms with E-state index in [1.165, 1.54) is 37.9 Å². The van der Waals surface area contributed by atoms with E-state index in [0.717, 1.165) is 32.3 Å². The van der Waals surface area contributed by atoms with E-state index in [1.54, 1.807) is 12.1 Å². The Morgan fingerprint density at radius 1 is 0.500 bits per heavy atom. The Morgan fingerprint density at radius 2 is 0.971 bits per heavy atom. The number of nitro groups is 1. The average molecular weight is 437 g/mol. The van der Waals surface area contributed by atoms with Gasteiger partial charge in [-0.1, -0.05) is 78.9 Å². The van der Waals surface area contributed by atoms with Crippen LogP contribution in [0.1, 0.15) is 5.56 Å². The summed E-state index contributed by atoms with van der Waals surface area (Å²) in [5.41, 5.74) is 1.32. The maximum atomic E-state index is 11.8. The lowest BCUT2D eigenvalue weighted by Gasteiger charge is -2.17. The lowest BCUT2D eigenvalue weighted by Crippen LogP contribution is -1.92. The standard InChI is InChI=1S/C31H19NO2/c1-18-7-6-12-25-22-10-4-5-11-23(22)27-16-15-26-21-9-3-2-8-20(21)24-14-13-19(32(33)34)17-28(24)30(26)31(27)29(18)25/h2-17H,1H3. The monoisotopic (exact) mass is 437 g/mol. The lowest BCUT2D eigenvalue weighted by molar-refractivity contribution is -0.384. The zero-order valence-corrected chi connectivity index (χ0v) is 18.5. The van der Waals surface area contributed by atoms with Crippen LogP contribution in [-0.4, -0.2) is 4.92 Å². The van der Waals surface area contributed by atoms with Crippen LogP contribution < -0.4 is 0 Å². The number of hydrogen-bond acceptors (Lipinski definition) is 2. The summed E-state index contributed by atoms with van der Waals surface area (Å²) in [6, 6.07) is 33.0. The third-order valence-electron chi connectivity index (χ3n) is 7.23. The van der Waals surface area contributed by atoms with Crippen molar-refractivity contribution in [2.45, 2.75) is 6.92 Å². The summed E-state index contributed by atoms with van der Waals surface area (Å²) < 4.78 is 0. The van der Waals surface area contributed by atoms with E-state index < -0.39 is 0 Å². The molecule has 0 bridgehead atoms. The lowest BCUT2D eigenvalue weighted by atomic mass is 9.86. The zero-order valence-electron chi connectivity index (χ0n) is 18.5. The minimum absolute atomic E-state index is 0.114. The molecule has 0 radical (unpaired) electrons. The van der Waals surface area contributed by atoms with Gasteiger partial charge in [-0.25, -0.2) is 0 Å². The molecule has 0 saturated heterocycles. The second kappa shape index (κ2) is 6.75. The van der Waals surface area contributed by atoms with Crippen LogP contribution in [0.15, 0.2) is 97.1 Å². The van der Waals surface area contributed by atoms with Crippen molar-refractivity contribution in [1.29, 1.82) is 0 Å². The molecule has 7 aromatic carbocycles. The highest BCUT2D eigenvalue weighted by Crippen LogP contribution is 2.45. The van der Waals surface area contributed by atoms with Crippen molar-refractivity contribution in [3.05, 3.63) is 113 Å². The fourth-order valence-electron chi connectivity index (χ4n) is 5.81. The Bertz CT molecular complexity index is 2000. The minimum Gasteiger partial charge on any atom is -0.258 e. The van der Waals surface area contributed by atoms with E-state index in [0.29, 0.717) is 0 Å². The summed E-state index contributed by atoms with van der Waals surface area (Å²) in [5, 5.41) is 25.4. The molecule has 0 atom stereocenters. The first-order valence-corrected chi connectivity index (χ1v) is 11.4. The quantitative estimate of drug-likeness (QED) is 0.146. The van der Waals surface area contributed by atoms with Gasteiger partial charge in [-0.15, -0.1) is 0 Å². The molecule has 0 aliphatic carbocycles. The highest BCUT2D eigenvalue weighted by atomic mass is 16.6. The van der Waals surface area contributed by atoms with Crippen LogP contribution in [-0.2, 0) is 0 Å². The number of benzene rings is 7. The molecule has 0 aliphatic rings. The number of hydrogen-bond donors (Lipinski definition) is 0. The van der Waals surface area contributed by atoms with Crippen LogP contribution in [0.3, 0.4) is 0 Å². The summed E-state index contributed by atoms with van der Waals surface area (Å²) in [7, 11) is 0. The van der Waals surface area contributed by atoms with Crippen LogP contribution in [0.4, 0.5) is 5.69 Å². The van der Waals surface area contributed by atoms with Crippen LogP contribution in [0.5, 0.6) is 0 Å². The van der Waals surface area contributed by atoms with Gasteiger partial charge in [0.05, 0.1) is 4.92 Å². The van der Waals surface area contributed by atoms with Gasteiger partial charge in [-0.3, -0.25) is 10.1 Å². The fraction of sp³-hybridized carbons (Fsp3) is 0.0323. The number of aryl methyl sites for hydroxylation is 1. The van der Waals surface area contributed by atoms with Crippen molar-refractivity contribution in [2.24, 2.45) is 0 Å². The molecule has 0 saturated carbocycles. The molecule has 0 aliphatic heterocycles. The first kappa shape index (κ1) is 19.0. The van der Waals surface area contributed by atoms with Gasteiger partial charge in [-0.2, -0.15) is 0 Å². The molecule has 0 unspecified atom stereocenters. The van der Waals surface area contributed by atoms with Crippen molar-refractivity contribution < 1.29 is 4.92 Å². The topological polar surface area (TPSA) is 43.1 Å². The molecule has 0 heterocycles. The summed E-state index contributed by atoms with van der Waals surface area (Å²) in [5.74, 6) is 0. The first-order chi connectivity index (χ1) is 16.6. The number of rotatable bonds is 1. The number of non-ortho nitro benzene ring substituents is 1. The SMILES string of the molecule is Cc1cccc2c3ccccc3c3ccc4c5ccccc5c5ccc([N+](=O)[O-])cc5c4c3c12. The summed E-state index contributed by atoms with van der Waals surface area (Å²) in [4.78, 5) is 11.5. The molecule has 0 N–H and O–H groups in total. The van der Waals surface area contributed by atoms with Crippen molar-refractivity contribution in [2.75, 3.05) is 0 Å². The fourth-order valence-corrected chi connectivity index (χ4v) is 5.81. The predicted molar refractivity (Wildman–Crippen MR) is 143 cm³/mol. The van der Waals surface area contributed by atoms with E-state index in [1.807, 2.05) is 12.1 Å². The van der Waals surface area contributed by atoms with Gasteiger partial charge in [-0.05, 0) is 83.2 Å². The molecular formula is C31H19NO2. The Balaban J connectivity index is 1.91. The molecule has 0 spiro atoms. The van der Waals surface area contributed by atoms with E-state index in [4.69, 9.17) is 0 Å². The van der Waals surface area contributed by atoms with Crippen molar-refractivity contribution in [1.82, 2.24) is 0 Å². The Hall–Kier alpha value is -4.50. The normalized spacial score (nSPS) is 11.9. The highest BCUT2D eigenvalue weighted by molar-refractivity contribution is 6.39. The van der Waals surface area contributed by atoms with Crippen LogP contribution in [0, 0.1) is 17.0 Å². The van der Waals surface area contributed by atoms with Gasteiger partial charge in [0, 0.05) is 12.1 Å². The predicted octanol–water partition coefficient (Wildman–Crippen LogP) is 8.82. The van der Waals surface area contributed by atoms with E-state index in [2.05, 4.69) is 79.7 Å². The van der Waals surface area contributed by atoms with E-state index in [9.17, 15) is 10.1 Å². The van der Waals surface area contributed by atoms with Gasteiger partial charge in [0.1, 0.15) is 0 Å². The van der Waals surface area contributed by atoms with Crippen molar-refractivity contribution in [3.63, 3.8) is 0 Å². The van der Waals surface area contributed by atoms with Gasteiger partial charge in [0.15, 0.2) is 0 Å². The smallest absolute Gasteiger partial charge is 0.258 e. The molecular weight excluding hydrogens is 418 g/mol. The maximum Gasteiger partial charge on any atom is 0.270 e. The molecule has 3 heteroatoms. The van der Waals surface area contributed by atoms with Crippen molar-refractivity contribution in [3.8, 4) is 0 Å². The van der Waals surface area contributed by atoms with Crippen LogP contribution in [0.2, 0.25) is 0 Å². The molecule has 7 aromatic rings. The van der Waals surface area contributed by atoms with Gasteiger partial charge < -0.3 is 0 Å². The Kier molecular flexibility index (Phi) is 3.78. The maximum absolute atomic E-state index is 11.8. The van der Waals surface area contributed by atoms with Gasteiger partial charge in [0.2, 0.25) is 0 Å². The summed E-state index contributed by atoms with van der Waals surface area (Å²) >= 11 is 0. The minimum atomic E-state index is -0.301. The molecule has 0 fully saturated rings. The first-order valence-electron chi connectivity index (χ1n) is 11.4. The molecule has 3 nitrogen and oxygen atoms in total. The number of fused-ring (bicyclic) bond motifs is 13. The van der Waals surface area contributed by atoms with Crippen LogP contribution in [0.25, 0.3) is 64.6 Å². The molecule has 0 amide bonds. The number of nitro benzene ring substituents is 1. The van der Waals surface area contributed by atoms with Gasteiger partial charge in [0.25, 0.3) is 5.69 Å². The summed E-state index contributed by atoms with van der Waals surface area (Å²) in [6.07, 6.45) is 0. The largest absolute Gasteiger partial charge is 0.270 e. The number of nitrogens with zero attached hydrogens (tertiary/aromatic N) is 1. The van der Waals surface area contributed by atoms with E-state index in [-0.39, 0.29) is 10.6 Å². The van der Waals surface area contributed by atoms with Crippen LogP contribution >= 0.6 is 0 Å². The highest BCUT2D eigenvalue weighted by Gasteiger charge is 2.18. The second-order valence-corrected chi connectivity index (χ2v) is 8.99. The van der Waals surface area contributed by atoms with E-state index >= 15 is 0 Å². The second-order valence-electron chi connectivity index (χ2n) is 8.99. The summed E-state index contributed by atoms with van der Waals surface area (Å²) in [6.45, 7) is 2.15.